The molecule has 0 unspecified atom stereocenters. The number of amides is 1. The monoisotopic (exact) mass is 233 g/mol. The van der Waals surface area contributed by atoms with Crippen LogP contribution in [0.2, 0.25) is 0 Å². The van der Waals surface area contributed by atoms with E-state index < -0.39 is 5.97 Å². The lowest BCUT2D eigenvalue weighted by Gasteiger charge is -2.29. The Morgan fingerprint density at radius 1 is 1.41 bits per heavy atom. The molecule has 1 N–H and O–H groups in total. The van der Waals surface area contributed by atoms with Crippen molar-refractivity contribution in [2.75, 3.05) is 6.54 Å². The standard InChI is InChI=1S/C13H15NO3/c1-9(15)14-6-5-10-3-2-4-11(7-13(16)17)12(10)8-14/h2-4H,5-8H2,1H3,(H,16,17). The highest BCUT2D eigenvalue weighted by atomic mass is 16.4. The summed E-state index contributed by atoms with van der Waals surface area (Å²) in [5.74, 6) is -0.792. The van der Waals surface area contributed by atoms with Crippen LogP contribution >= 0.6 is 0 Å². The topological polar surface area (TPSA) is 57.6 Å². The molecule has 90 valence electrons. The summed E-state index contributed by atoms with van der Waals surface area (Å²) in [5.41, 5.74) is 3.00. The van der Waals surface area contributed by atoms with E-state index in [9.17, 15) is 9.59 Å². The SMILES string of the molecule is CC(=O)N1CCc2cccc(CC(=O)O)c2C1. The first kappa shape index (κ1) is 11.6. The zero-order valence-corrected chi connectivity index (χ0v) is 9.77. The Kier molecular flexibility index (Phi) is 3.13. The normalized spacial score (nSPS) is 14.3. The maximum atomic E-state index is 11.4. The molecule has 1 amide bonds. The Labute approximate surface area is 99.9 Å². The smallest absolute Gasteiger partial charge is 0.307 e. The average Bonchev–Trinajstić information content (AvgIpc) is 2.28. The molecular formula is C13H15NO3. The second-order valence-corrected chi connectivity index (χ2v) is 4.32. The van der Waals surface area contributed by atoms with E-state index in [1.807, 2.05) is 18.2 Å². The van der Waals surface area contributed by atoms with Crippen LogP contribution in [0.5, 0.6) is 0 Å². The first-order valence-corrected chi connectivity index (χ1v) is 5.65. The van der Waals surface area contributed by atoms with E-state index in [2.05, 4.69) is 0 Å². The van der Waals surface area contributed by atoms with Gasteiger partial charge in [0.15, 0.2) is 0 Å². The minimum Gasteiger partial charge on any atom is -0.481 e. The third kappa shape index (κ3) is 2.46. The van der Waals surface area contributed by atoms with E-state index in [-0.39, 0.29) is 12.3 Å². The largest absolute Gasteiger partial charge is 0.481 e. The fraction of sp³-hybridized carbons (Fsp3) is 0.385. The molecule has 1 aliphatic rings. The predicted octanol–water partition coefficient (Wildman–Crippen LogP) is 1.22. The molecule has 0 saturated heterocycles. The Hall–Kier alpha value is -1.84. The van der Waals surface area contributed by atoms with E-state index in [1.165, 1.54) is 5.56 Å². The van der Waals surface area contributed by atoms with E-state index >= 15 is 0 Å². The fourth-order valence-electron chi connectivity index (χ4n) is 2.25. The van der Waals surface area contributed by atoms with E-state index in [0.29, 0.717) is 6.54 Å². The van der Waals surface area contributed by atoms with Gasteiger partial charge in [0.05, 0.1) is 6.42 Å². The van der Waals surface area contributed by atoms with Crippen molar-refractivity contribution in [1.82, 2.24) is 4.90 Å². The molecule has 1 aliphatic heterocycles. The Bertz CT molecular complexity index is 468. The Morgan fingerprint density at radius 2 is 2.18 bits per heavy atom. The van der Waals surface area contributed by atoms with Crippen LogP contribution in [0.3, 0.4) is 0 Å². The molecule has 1 aromatic rings. The number of aliphatic carboxylic acids is 1. The minimum absolute atomic E-state index is 0.0227. The van der Waals surface area contributed by atoms with Gasteiger partial charge in [-0.25, -0.2) is 0 Å². The quantitative estimate of drug-likeness (QED) is 0.835. The molecule has 1 heterocycles. The summed E-state index contributed by atoms with van der Waals surface area (Å²) in [4.78, 5) is 23.9. The lowest BCUT2D eigenvalue weighted by molar-refractivity contribution is -0.136. The first-order valence-electron chi connectivity index (χ1n) is 5.65. The van der Waals surface area contributed by atoms with Gasteiger partial charge < -0.3 is 10.0 Å². The summed E-state index contributed by atoms with van der Waals surface area (Å²) in [7, 11) is 0. The number of fused-ring (bicyclic) bond motifs is 1. The molecule has 0 radical (unpaired) electrons. The van der Waals surface area contributed by atoms with Crippen LogP contribution < -0.4 is 0 Å². The molecular weight excluding hydrogens is 218 g/mol. The van der Waals surface area contributed by atoms with Gasteiger partial charge in [0.25, 0.3) is 0 Å². The number of benzene rings is 1. The third-order valence-corrected chi connectivity index (χ3v) is 3.16. The highest BCUT2D eigenvalue weighted by Crippen LogP contribution is 2.23. The van der Waals surface area contributed by atoms with Crippen LogP contribution in [0.1, 0.15) is 23.6 Å². The van der Waals surface area contributed by atoms with Gasteiger partial charge in [-0.1, -0.05) is 18.2 Å². The van der Waals surface area contributed by atoms with Crippen molar-refractivity contribution in [2.45, 2.75) is 26.3 Å². The number of nitrogens with zero attached hydrogens (tertiary/aromatic N) is 1. The third-order valence-electron chi connectivity index (χ3n) is 3.16. The van der Waals surface area contributed by atoms with Crippen molar-refractivity contribution in [3.05, 3.63) is 34.9 Å². The number of hydrogen-bond acceptors (Lipinski definition) is 2. The minimum atomic E-state index is -0.835. The highest BCUT2D eigenvalue weighted by molar-refractivity contribution is 5.74. The molecule has 2 rings (SSSR count). The van der Waals surface area contributed by atoms with E-state index in [4.69, 9.17) is 5.11 Å². The molecule has 1 aromatic carbocycles. The lowest BCUT2D eigenvalue weighted by atomic mass is 9.93. The summed E-state index contributed by atoms with van der Waals surface area (Å²) in [6, 6.07) is 5.73. The molecule has 0 aromatic heterocycles. The van der Waals surface area contributed by atoms with Gasteiger partial charge in [0, 0.05) is 20.0 Å². The van der Waals surface area contributed by atoms with Gasteiger partial charge in [-0.15, -0.1) is 0 Å². The highest BCUT2D eigenvalue weighted by Gasteiger charge is 2.20. The number of carbonyl (C=O) groups excluding carboxylic acids is 1. The maximum Gasteiger partial charge on any atom is 0.307 e. The van der Waals surface area contributed by atoms with Crippen molar-refractivity contribution in [1.29, 1.82) is 0 Å². The second-order valence-electron chi connectivity index (χ2n) is 4.32. The van der Waals surface area contributed by atoms with Gasteiger partial charge in [0.1, 0.15) is 0 Å². The first-order chi connectivity index (χ1) is 8.08. The average molecular weight is 233 g/mol. The summed E-state index contributed by atoms with van der Waals surface area (Å²) >= 11 is 0. The second kappa shape index (κ2) is 4.57. The summed E-state index contributed by atoms with van der Waals surface area (Å²) < 4.78 is 0. The van der Waals surface area contributed by atoms with Crippen LogP contribution in [-0.4, -0.2) is 28.4 Å². The van der Waals surface area contributed by atoms with Gasteiger partial charge in [-0.2, -0.15) is 0 Å². The lowest BCUT2D eigenvalue weighted by Crippen LogP contribution is -2.34. The van der Waals surface area contributed by atoms with Crippen LogP contribution in [0.15, 0.2) is 18.2 Å². The molecule has 17 heavy (non-hydrogen) atoms. The van der Waals surface area contributed by atoms with E-state index in [1.54, 1.807) is 11.8 Å². The number of rotatable bonds is 2. The molecule has 0 fully saturated rings. The van der Waals surface area contributed by atoms with Crippen molar-refractivity contribution >= 4 is 11.9 Å². The number of hydrogen-bond donors (Lipinski definition) is 1. The van der Waals surface area contributed by atoms with Crippen molar-refractivity contribution < 1.29 is 14.7 Å². The molecule has 0 spiro atoms. The fourth-order valence-corrected chi connectivity index (χ4v) is 2.25. The zero-order chi connectivity index (χ0) is 12.4. The maximum absolute atomic E-state index is 11.4. The van der Waals surface area contributed by atoms with Crippen molar-refractivity contribution in [3.63, 3.8) is 0 Å². The van der Waals surface area contributed by atoms with Crippen LogP contribution in [0.4, 0.5) is 0 Å². The van der Waals surface area contributed by atoms with Gasteiger partial charge in [-0.05, 0) is 23.1 Å². The van der Waals surface area contributed by atoms with Crippen molar-refractivity contribution in [3.8, 4) is 0 Å². The Balaban J connectivity index is 2.32. The number of carboxylic acids is 1. The zero-order valence-electron chi connectivity index (χ0n) is 9.77. The molecule has 4 heteroatoms. The predicted molar refractivity (Wildman–Crippen MR) is 62.6 cm³/mol. The van der Waals surface area contributed by atoms with Crippen LogP contribution in [-0.2, 0) is 29.0 Å². The van der Waals surface area contributed by atoms with Crippen LogP contribution in [0, 0.1) is 0 Å². The summed E-state index contributed by atoms with van der Waals surface area (Å²) in [6.07, 6.45) is 0.831. The van der Waals surface area contributed by atoms with Crippen LogP contribution in [0.25, 0.3) is 0 Å². The number of carbonyl (C=O) groups is 2. The summed E-state index contributed by atoms with van der Waals surface area (Å²) in [5, 5.41) is 8.86. The van der Waals surface area contributed by atoms with Gasteiger partial charge in [-0.3, -0.25) is 9.59 Å². The molecule has 0 aliphatic carbocycles. The van der Waals surface area contributed by atoms with Gasteiger partial charge >= 0.3 is 5.97 Å². The van der Waals surface area contributed by atoms with Gasteiger partial charge in [0.2, 0.25) is 5.91 Å². The number of carboxylic acid groups (broad SMARTS) is 1. The molecule has 0 atom stereocenters. The van der Waals surface area contributed by atoms with E-state index in [0.717, 1.165) is 24.1 Å². The Morgan fingerprint density at radius 3 is 2.82 bits per heavy atom. The molecule has 4 nitrogen and oxygen atoms in total. The van der Waals surface area contributed by atoms with Crippen molar-refractivity contribution in [2.24, 2.45) is 0 Å². The molecule has 0 saturated carbocycles. The summed E-state index contributed by atoms with van der Waals surface area (Å²) in [6.45, 7) is 2.80. The molecule has 0 bridgehead atoms.